The highest BCUT2D eigenvalue weighted by Gasteiger charge is 2.28. The van der Waals surface area contributed by atoms with Crippen LogP contribution in [0.25, 0.3) is 0 Å². The van der Waals surface area contributed by atoms with E-state index in [1.165, 1.54) is 25.0 Å². The minimum atomic E-state index is -0.186. The van der Waals surface area contributed by atoms with Gasteiger partial charge in [0.1, 0.15) is 5.82 Å². The van der Waals surface area contributed by atoms with Gasteiger partial charge in [-0.05, 0) is 56.5 Å². The lowest BCUT2D eigenvalue weighted by molar-refractivity contribution is -0.0829. The topological polar surface area (TPSA) is 24.5 Å². The molecule has 0 amide bonds. The van der Waals surface area contributed by atoms with Gasteiger partial charge >= 0.3 is 0 Å². The molecule has 21 heavy (non-hydrogen) atoms. The summed E-state index contributed by atoms with van der Waals surface area (Å²) in [6.45, 7) is 7.50. The predicted molar refractivity (Wildman–Crippen MR) is 81.7 cm³/mol. The normalized spacial score (nSPS) is 28.7. The summed E-state index contributed by atoms with van der Waals surface area (Å²) in [6.07, 6.45) is 2.84. The van der Waals surface area contributed by atoms with Crippen LogP contribution in [0.3, 0.4) is 0 Å². The van der Waals surface area contributed by atoms with Crippen molar-refractivity contribution in [1.29, 1.82) is 0 Å². The van der Waals surface area contributed by atoms with Crippen molar-refractivity contribution in [2.45, 2.75) is 32.0 Å². The molecule has 2 saturated heterocycles. The van der Waals surface area contributed by atoms with E-state index in [0.717, 1.165) is 44.2 Å². The summed E-state index contributed by atoms with van der Waals surface area (Å²) in [4.78, 5) is 2.53. The average molecular weight is 292 g/mol. The molecule has 0 bridgehead atoms. The molecule has 1 aromatic carbocycles. The molecule has 116 valence electrons. The first kappa shape index (κ1) is 14.9. The Kier molecular flexibility index (Phi) is 4.88. The Morgan fingerprint density at radius 1 is 1.19 bits per heavy atom. The standard InChI is InChI=1S/C17H25FN2O/c1-13-10-20(11-14-6-8-19-9-7-14)12-17(21-13)15-2-4-16(18)5-3-15/h2-5,13-14,17,19H,6-12H2,1H3. The fraction of sp³-hybridized carbons (Fsp3) is 0.647. The third kappa shape index (κ3) is 4.02. The van der Waals surface area contributed by atoms with Crippen molar-refractivity contribution < 1.29 is 9.13 Å². The van der Waals surface area contributed by atoms with Crippen LogP contribution in [0.15, 0.2) is 24.3 Å². The number of rotatable bonds is 3. The lowest BCUT2D eigenvalue weighted by atomic mass is 9.96. The van der Waals surface area contributed by atoms with Gasteiger partial charge in [-0.2, -0.15) is 0 Å². The molecule has 4 heteroatoms. The smallest absolute Gasteiger partial charge is 0.123 e. The summed E-state index contributed by atoms with van der Waals surface area (Å²) in [5.74, 6) is 0.611. The van der Waals surface area contributed by atoms with Gasteiger partial charge in [0, 0.05) is 19.6 Å². The van der Waals surface area contributed by atoms with E-state index < -0.39 is 0 Å². The first-order valence-corrected chi connectivity index (χ1v) is 8.04. The average Bonchev–Trinajstić information content (AvgIpc) is 2.48. The fourth-order valence-electron chi connectivity index (χ4n) is 3.48. The Hall–Kier alpha value is -0.970. The molecule has 0 saturated carbocycles. The number of hydrogen-bond acceptors (Lipinski definition) is 3. The van der Waals surface area contributed by atoms with E-state index in [1.807, 2.05) is 12.1 Å². The Morgan fingerprint density at radius 3 is 2.62 bits per heavy atom. The minimum Gasteiger partial charge on any atom is -0.368 e. The van der Waals surface area contributed by atoms with Gasteiger partial charge in [-0.25, -0.2) is 4.39 Å². The summed E-state index contributed by atoms with van der Waals surface area (Å²) >= 11 is 0. The SMILES string of the molecule is CC1CN(CC2CCNCC2)CC(c2ccc(F)cc2)O1. The van der Waals surface area contributed by atoms with E-state index in [-0.39, 0.29) is 18.0 Å². The van der Waals surface area contributed by atoms with E-state index in [0.29, 0.717) is 0 Å². The van der Waals surface area contributed by atoms with Crippen LogP contribution in [0, 0.1) is 11.7 Å². The molecule has 2 aliphatic heterocycles. The predicted octanol–water partition coefficient (Wildman–Crippen LogP) is 2.59. The first-order chi connectivity index (χ1) is 10.2. The van der Waals surface area contributed by atoms with Gasteiger partial charge in [0.25, 0.3) is 0 Å². The second-order valence-electron chi connectivity index (χ2n) is 6.40. The van der Waals surface area contributed by atoms with Crippen molar-refractivity contribution in [3.63, 3.8) is 0 Å². The van der Waals surface area contributed by atoms with Crippen LogP contribution in [0.2, 0.25) is 0 Å². The largest absolute Gasteiger partial charge is 0.368 e. The number of morpholine rings is 1. The molecular weight excluding hydrogens is 267 g/mol. The molecule has 0 aliphatic carbocycles. The van der Waals surface area contributed by atoms with Gasteiger partial charge in [-0.3, -0.25) is 4.90 Å². The summed E-state index contributed by atoms with van der Waals surface area (Å²) in [5, 5.41) is 3.42. The van der Waals surface area contributed by atoms with Gasteiger partial charge in [0.2, 0.25) is 0 Å². The molecule has 1 N–H and O–H groups in total. The van der Waals surface area contributed by atoms with Crippen molar-refractivity contribution in [2.75, 3.05) is 32.7 Å². The van der Waals surface area contributed by atoms with Crippen LogP contribution >= 0.6 is 0 Å². The van der Waals surface area contributed by atoms with Crippen LogP contribution < -0.4 is 5.32 Å². The van der Waals surface area contributed by atoms with Crippen LogP contribution in [0.5, 0.6) is 0 Å². The molecule has 3 rings (SSSR count). The molecule has 1 aromatic rings. The Bertz CT molecular complexity index is 445. The second kappa shape index (κ2) is 6.86. The van der Waals surface area contributed by atoms with Gasteiger partial charge in [0.05, 0.1) is 12.2 Å². The Labute approximate surface area is 126 Å². The Balaban J connectivity index is 1.62. The van der Waals surface area contributed by atoms with E-state index in [9.17, 15) is 4.39 Å². The van der Waals surface area contributed by atoms with Crippen molar-refractivity contribution in [3.8, 4) is 0 Å². The summed E-state index contributed by atoms with van der Waals surface area (Å²) < 4.78 is 19.1. The number of ether oxygens (including phenoxy) is 1. The van der Waals surface area contributed by atoms with Gasteiger partial charge in [-0.1, -0.05) is 12.1 Å². The maximum absolute atomic E-state index is 13.1. The van der Waals surface area contributed by atoms with E-state index in [1.54, 1.807) is 0 Å². The molecular formula is C17H25FN2O. The van der Waals surface area contributed by atoms with Gasteiger partial charge in [0.15, 0.2) is 0 Å². The third-order valence-corrected chi connectivity index (χ3v) is 4.55. The third-order valence-electron chi connectivity index (χ3n) is 4.55. The zero-order valence-electron chi connectivity index (χ0n) is 12.7. The minimum absolute atomic E-state index is 0.0658. The monoisotopic (exact) mass is 292 g/mol. The van der Waals surface area contributed by atoms with Crippen molar-refractivity contribution >= 4 is 0 Å². The van der Waals surface area contributed by atoms with E-state index >= 15 is 0 Å². The molecule has 2 fully saturated rings. The molecule has 3 nitrogen and oxygen atoms in total. The number of hydrogen-bond donors (Lipinski definition) is 1. The van der Waals surface area contributed by atoms with Crippen molar-refractivity contribution in [2.24, 2.45) is 5.92 Å². The first-order valence-electron chi connectivity index (χ1n) is 8.04. The highest BCUT2D eigenvalue weighted by atomic mass is 19.1. The number of halogens is 1. The van der Waals surface area contributed by atoms with Crippen LogP contribution in [0.4, 0.5) is 4.39 Å². The number of nitrogens with zero attached hydrogens (tertiary/aromatic N) is 1. The second-order valence-corrected chi connectivity index (χ2v) is 6.40. The number of piperidine rings is 1. The maximum Gasteiger partial charge on any atom is 0.123 e. The van der Waals surface area contributed by atoms with Crippen LogP contribution in [-0.4, -0.2) is 43.7 Å². The van der Waals surface area contributed by atoms with E-state index in [4.69, 9.17) is 4.74 Å². The molecule has 2 heterocycles. The molecule has 2 atom stereocenters. The molecule has 2 unspecified atom stereocenters. The maximum atomic E-state index is 13.1. The van der Waals surface area contributed by atoms with E-state index in [2.05, 4.69) is 17.1 Å². The quantitative estimate of drug-likeness (QED) is 0.927. The van der Waals surface area contributed by atoms with Crippen molar-refractivity contribution in [3.05, 3.63) is 35.6 Å². The van der Waals surface area contributed by atoms with Crippen LogP contribution in [0.1, 0.15) is 31.4 Å². The fourth-order valence-corrected chi connectivity index (χ4v) is 3.48. The highest BCUT2D eigenvalue weighted by Crippen LogP contribution is 2.26. The molecule has 2 aliphatic rings. The highest BCUT2D eigenvalue weighted by molar-refractivity contribution is 5.19. The van der Waals surface area contributed by atoms with Gasteiger partial charge in [-0.15, -0.1) is 0 Å². The summed E-state index contributed by atoms with van der Waals surface area (Å²) in [5.41, 5.74) is 1.08. The lowest BCUT2D eigenvalue weighted by Gasteiger charge is -2.39. The van der Waals surface area contributed by atoms with Crippen LogP contribution in [-0.2, 0) is 4.74 Å². The Morgan fingerprint density at radius 2 is 1.90 bits per heavy atom. The molecule has 0 spiro atoms. The zero-order chi connectivity index (χ0) is 14.7. The summed E-state index contributed by atoms with van der Waals surface area (Å²) in [7, 11) is 0. The zero-order valence-corrected chi connectivity index (χ0v) is 12.7. The summed E-state index contributed by atoms with van der Waals surface area (Å²) in [6, 6.07) is 6.74. The number of nitrogens with one attached hydrogen (secondary N) is 1. The molecule has 0 radical (unpaired) electrons. The number of benzene rings is 1. The molecule has 0 aromatic heterocycles. The lowest BCUT2D eigenvalue weighted by Crippen LogP contribution is -2.46. The van der Waals surface area contributed by atoms with Crippen molar-refractivity contribution in [1.82, 2.24) is 10.2 Å². The van der Waals surface area contributed by atoms with Gasteiger partial charge < -0.3 is 10.1 Å².